The third kappa shape index (κ3) is 3.27. The predicted molar refractivity (Wildman–Crippen MR) is 79.0 cm³/mol. The fourth-order valence-corrected chi connectivity index (χ4v) is 3.21. The van der Waals surface area contributed by atoms with Gasteiger partial charge in [0.15, 0.2) is 0 Å². The fourth-order valence-electron chi connectivity index (χ4n) is 3.21. The summed E-state index contributed by atoms with van der Waals surface area (Å²) in [7, 11) is 2.02. The quantitative estimate of drug-likeness (QED) is 0.903. The Kier molecular flexibility index (Phi) is 4.81. The Morgan fingerprint density at radius 3 is 2.68 bits per heavy atom. The summed E-state index contributed by atoms with van der Waals surface area (Å²) in [6, 6.07) is 5.99. The number of rotatable bonds is 4. The zero-order chi connectivity index (χ0) is 13.8. The van der Waals surface area contributed by atoms with E-state index >= 15 is 0 Å². The van der Waals surface area contributed by atoms with Crippen LogP contribution in [0.1, 0.15) is 38.2 Å². The molecule has 0 saturated heterocycles. The third-order valence-electron chi connectivity index (χ3n) is 4.39. The lowest BCUT2D eigenvalue weighted by Crippen LogP contribution is -2.39. The van der Waals surface area contributed by atoms with Crippen molar-refractivity contribution in [3.8, 4) is 0 Å². The van der Waals surface area contributed by atoms with Gasteiger partial charge < -0.3 is 10.6 Å². The molecule has 2 nitrogen and oxygen atoms in total. The summed E-state index contributed by atoms with van der Waals surface area (Å²) < 4.78 is 14.2. The summed E-state index contributed by atoms with van der Waals surface area (Å²) in [6.45, 7) is 2.84. The van der Waals surface area contributed by atoms with Crippen LogP contribution in [0.2, 0.25) is 0 Å². The Balaban J connectivity index is 2.16. The van der Waals surface area contributed by atoms with Crippen molar-refractivity contribution in [2.75, 3.05) is 18.5 Å². The average Bonchev–Trinajstić information content (AvgIpc) is 2.39. The molecule has 1 aromatic carbocycles. The first-order valence-electron chi connectivity index (χ1n) is 7.35. The molecule has 0 spiro atoms. The first-order chi connectivity index (χ1) is 9.13. The van der Waals surface area contributed by atoms with Gasteiger partial charge in [-0.15, -0.1) is 0 Å². The fraction of sp³-hybridized carbons (Fsp3) is 0.625. The zero-order valence-electron chi connectivity index (χ0n) is 12.0. The Morgan fingerprint density at radius 1 is 1.32 bits per heavy atom. The Labute approximate surface area is 115 Å². The SMILES string of the molecule is CC1CCCCC1N(C)c1ccc(CCN)cc1F. The highest BCUT2D eigenvalue weighted by molar-refractivity contribution is 5.49. The minimum absolute atomic E-state index is 0.119. The van der Waals surface area contributed by atoms with Crippen LogP contribution in [0.3, 0.4) is 0 Å². The van der Waals surface area contributed by atoms with E-state index in [-0.39, 0.29) is 5.82 Å². The Bertz CT molecular complexity index is 419. The summed E-state index contributed by atoms with van der Waals surface area (Å²) in [5.41, 5.74) is 7.21. The van der Waals surface area contributed by atoms with Gasteiger partial charge in [0.1, 0.15) is 5.82 Å². The van der Waals surface area contributed by atoms with E-state index in [0.29, 0.717) is 18.5 Å². The van der Waals surface area contributed by atoms with Gasteiger partial charge in [-0.3, -0.25) is 0 Å². The van der Waals surface area contributed by atoms with Crippen LogP contribution in [0, 0.1) is 11.7 Å². The predicted octanol–water partition coefficient (Wildman–Crippen LogP) is 3.34. The lowest BCUT2D eigenvalue weighted by atomic mass is 9.85. The lowest BCUT2D eigenvalue weighted by molar-refractivity contribution is 0.320. The molecule has 1 saturated carbocycles. The molecular formula is C16H25FN2. The highest BCUT2D eigenvalue weighted by atomic mass is 19.1. The van der Waals surface area contributed by atoms with Crippen molar-refractivity contribution in [1.82, 2.24) is 0 Å². The molecule has 1 aromatic rings. The molecule has 1 fully saturated rings. The van der Waals surface area contributed by atoms with E-state index in [9.17, 15) is 4.39 Å². The second kappa shape index (κ2) is 6.38. The number of hydrogen-bond acceptors (Lipinski definition) is 2. The van der Waals surface area contributed by atoms with Crippen molar-refractivity contribution in [3.63, 3.8) is 0 Å². The monoisotopic (exact) mass is 264 g/mol. The second-order valence-electron chi connectivity index (χ2n) is 5.76. The van der Waals surface area contributed by atoms with Crippen molar-refractivity contribution in [2.45, 2.75) is 45.1 Å². The topological polar surface area (TPSA) is 29.3 Å². The van der Waals surface area contributed by atoms with E-state index in [1.165, 1.54) is 25.7 Å². The molecule has 1 aliphatic carbocycles. The van der Waals surface area contributed by atoms with Crippen molar-refractivity contribution in [1.29, 1.82) is 0 Å². The molecule has 2 rings (SSSR count). The smallest absolute Gasteiger partial charge is 0.146 e. The molecule has 0 bridgehead atoms. The molecule has 2 unspecified atom stereocenters. The van der Waals surface area contributed by atoms with Crippen LogP contribution in [-0.4, -0.2) is 19.6 Å². The van der Waals surface area contributed by atoms with Gasteiger partial charge in [0, 0.05) is 13.1 Å². The number of benzene rings is 1. The molecule has 3 heteroatoms. The van der Waals surface area contributed by atoms with Crippen LogP contribution in [0.4, 0.5) is 10.1 Å². The number of hydrogen-bond donors (Lipinski definition) is 1. The molecule has 2 atom stereocenters. The van der Waals surface area contributed by atoms with Crippen LogP contribution in [-0.2, 0) is 6.42 Å². The molecule has 19 heavy (non-hydrogen) atoms. The van der Waals surface area contributed by atoms with Crippen molar-refractivity contribution >= 4 is 5.69 Å². The largest absolute Gasteiger partial charge is 0.369 e. The van der Waals surface area contributed by atoms with Gasteiger partial charge in [0.2, 0.25) is 0 Å². The van der Waals surface area contributed by atoms with E-state index in [2.05, 4.69) is 11.8 Å². The molecule has 0 heterocycles. The van der Waals surface area contributed by atoms with Gasteiger partial charge in [-0.05, 0) is 49.4 Å². The second-order valence-corrected chi connectivity index (χ2v) is 5.76. The minimum Gasteiger partial charge on any atom is -0.369 e. The van der Waals surface area contributed by atoms with Crippen LogP contribution < -0.4 is 10.6 Å². The summed E-state index contributed by atoms with van der Waals surface area (Å²) in [6.07, 6.45) is 5.72. The molecule has 1 aliphatic rings. The maximum Gasteiger partial charge on any atom is 0.146 e. The lowest BCUT2D eigenvalue weighted by Gasteiger charge is -2.37. The third-order valence-corrected chi connectivity index (χ3v) is 4.39. The maximum atomic E-state index is 14.2. The first kappa shape index (κ1) is 14.3. The van der Waals surface area contributed by atoms with Crippen LogP contribution >= 0.6 is 0 Å². The molecule has 0 aliphatic heterocycles. The van der Waals surface area contributed by atoms with E-state index in [0.717, 1.165) is 17.7 Å². The Morgan fingerprint density at radius 2 is 2.05 bits per heavy atom. The molecule has 2 N–H and O–H groups in total. The standard InChI is InChI=1S/C16H25FN2/c1-12-5-3-4-6-15(12)19(2)16-8-7-13(9-10-18)11-14(16)17/h7-8,11-12,15H,3-6,9-10,18H2,1-2H3. The van der Waals surface area contributed by atoms with Gasteiger partial charge in [-0.2, -0.15) is 0 Å². The van der Waals surface area contributed by atoms with E-state index in [4.69, 9.17) is 5.73 Å². The van der Waals surface area contributed by atoms with Gasteiger partial charge in [-0.1, -0.05) is 25.8 Å². The average molecular weight is 264 g/mol. The normalized spacial score (nSPS) is 23.4. The van der Waals surface area contributed by atoms with Crippen molar-refractivity contribution < 1.29 is 4.39 Å². The molecule has 0 aromatic heterocycles. The van der Waals surface area contributed by atoms with Crippen LogP contribution in [0.5, 0.6) is 0 Å². The molecular weight excluding hydrogens is 239 g/mol. The van der Waals surface area contributed by atoms with Gasteiger partial charge in [-0.25, -0.2) is 4.39 Å². The summed E-state index contributed by atoms with van der Waals surface area (Å²) in [4.78, 5) is 2.13. The van der Waals surface area contributed by atoms with Crippen molar-refractivity contribution in [2.24, 2.45) is 11.7 Å². The van der Waals surface area contributed by atoms with Gasteiger partial charge in [0.25, 0.3) is 0 Å². The number of anilines is 1. The first-order valence-corrected chi connectivity index (χ1v) is 7.35. The van der Waals surface area contributed by atoms with Gasteiger partial charge in [0.05, 0.1) is 5.69 Å². The highest BCUT2D eigenvalue weighted by Crippen LogP contribution is 2.31. The maximum absolute atomic E-state index is 14.2. The summed E-state index contributed by atoms with van der Waals surface area (Å²) >= 11 is 0. The van der Waals surface area contributed by atoms with Gasteiger partial charge >= 0.3 is 0 Å². The number of nitrogens with two attached hydrogens (primary N) is 1. The van der Waals surface area contributed by atoms with E-state index in [1.54, 1.807) is 6.07 Å². The Hall–Kier alpha value is -1.09. The van der Waals surface area contributed by atoms with E-state index in [1.807, 2.05) is 19.2 Å². The zero-order valence-corrected chi connectivity index (χ0v) is 12.0. The minimum atomic E-state index is -0.119. The summed E-state index contributed by atoms with van der Waals surface area (Å²) in [5, 5.41) is 0. The molecule has 106 valence electrons. The summed E-state index contributed by atoms with van der Waals surface area (Å²) in [5.74, 6) is 0.521. The highest BCUT2D eigenvalue weighted by Gasteiger charge is 2.26. The number of halogens is 1. The van der Waals surface area contributed by atoms with E-state index < -0.39 is 0 Å². The number of nitrogens with zero attached hydrogens (tertiary/aromatic N) is 1. The van der Waals surface area contributed by atoms with Crippen LogP contribution in [0.25, 0.3) is 0 Å². The van der Waals surface area contributed by atoms with Crippen molar-refractivity contribution in [3.05, 3.63) is 29.6 Å². The van der Waals surface area contributed by atoms with Crippen LogP contribution in [0.15, 0.2) is 18.2 Å². The molecule has 0 amide bonds. The molecule has 0 radical (unpaired) electrons.